The van der Waals surface area contributed by atoms with Crippen molar-refractivity contribution in [3.8, 4) is 0 Å². The predicted octanol–water partition coefficient (Wildman–Crippen LogP) is 2.94. The minimum absolute atomic E-state index is 0.0946. The molecule has 3 rings (SSSR count). The van der Waals surface area contributed by atoms with E-state index in [1.54, 1.807) is 0 Å². The van der Waals surface area contributed by atoms with Gasteiger partial charge in [-0.2, -0.15) is 0 Å². The van der Waals surface area contributed by atoms with Crippen molar-refractivity contribution in [1.82, 2.24) is 20.5 Å². The minimum atomic E-state index is -0.249. The summed E-state index contributed by atoms with van der Waals surface area (Å²) in [6, 6.07) is 7.76. The Bertz CT molecular complexity index is 636. The van der Waals surface area contributed by atoms with Gasteiger partial charge in [0.25, 0.3) is 5.91 Å². The maximum absolute atomic E-state index is 12.1. The van der Waals surface area contributed by atoms with Crippen LogP contribution in [0.5, 0.6) is 0 Å². The third-order valence-electron chi connectivity index (χ3n) is 3.37. The van der Waals surface area contributed by atoms with Crippen LogP contribution in [-0.4, -0.2) is 21.1 Å². The third-order valence-corrected chi connectivity index (χ3v) is 3.86. The molecule has 104 valence electrons. The Labute approximate surface area is 125 Å². The lowest BCUT2D eigenvalue weighted by molar-refractivity contribution is 0.0929. The summed E-state index contributed by atoms with van der Waals surface area (Å²) in [4.78, 5) is 16.4. The van der Waals surface area contributed by atoms with Crippen LogP contribution in [0.3, 0.4) is 0 Å². The number of aromatic amines is 1. The zero-order chi connectivity index (χ0) is 14.1. The number of carbonyl (C=O) groups excluding carboxylic acids is 1. The molecule has 1 saturated carbocycles. The second kappa shape index (κ2) is 5.36. The maximum Gasteiger partial charge on any atom is 0.291 e. The monoisotopic (exact) mass is 334 g/mol. The molecule has 0 radical (unpaired) electrons. The lowest BCUT2D eigenvalue weighted by Crippen LogP contribution is -2.27. The lowest BCUT2D eigenvalue weighted by atomic mass is 10.1. The average Bonchev–Trinajstić information content (AvgIpc) is 3.16. The summed E-state index contributed by atoms with van der Waals surface area (Å²) in [5, 5.41) is 9.73. The van der Waals surface area contributed by atoms with Crippen LogP contribution in [-0.2, 0) is 0 Å². The summed E-state index contributed by atoms with van der Waals surface area (Å²) in [7, 11) is 0. The van der Waals surface area contributed by atoms with Gasteiger partial charge in [-0.15, -0.1) is 5.10 Å². The number of aromatic nitrogens is 3. The number of nitrogens with one attached hydrogen (secondary N) is 2. The summed E-state index contributed by atoms with van der Waals surface area (Å²) in [5.41, 5.74) is 1.03. The predicted molar refractivity (Wildman–Crippen MR) is 78.4 cm³/mol. The lowest BCUT2D eigenvalue weighted by Gasteiger charge is -2.13. The maximum atomic E-state index is 12.1. The van der Waals surface area contributed by atoms with Gasteiger partial charge in [0, 0.05) is 10.4 Å². The van der Waals surface area contributed by atoms with E-state index in [1.165, 1.54) is 0 Å². The molecule has 1 aliphatic rings. The number of rotatable bonds is 4. The molecule has 6 heteroatoms. The summed E-state index contributed by atoms with van der Waals surface area (Å²) in [6.45, 7) is 1.94. The fraction of sp³-hybridized carbons (Fsp3) is 0.357. The molecule has 1 aromatic carbocycles. The van der Waals surface area contributed by atoms with E-state index in [-0.39, 0.29) is 17.8 Å². The van der Waals surface area contributed by atoms with Crippen molar-refractivity contribution in [2.75, 3.05) is 0 Å². The minimum Gasteiger partial charge on any atom is -0.343 e. The number of benzene rings is 1. The van der Waals surface area contributed by atoms with Crippen LogP contribution < -0.4 is 5.32 Å². The van der Waals surface area contributed by atoms with Crippen LogP contribution in [0.15, 0.2) is 28.7 Å². The second-order valence-corrected chi connectivity index (χ2v) is 5.98. The Morgan fingerprint density at radius 2 is 2.30 bits per heavy atom. The molecule has 0 aliphatic heterocycles. The molecule has 0 saturated heterocycles. The topological polar surface area (TPSA) is 70.7 Å². The second-order valence-electron chi connectivity index (χ2n) is 5.07. The van der Waals surface area contributed by atoms with Crippen molar-refractivity contribution >= 4 is 21.8 Å². The SMILES string of the molecule is CC(NC(=O)c1n[nH]c(C2CC2)n1)c1cccc(Br)c1. The van der Waals surface area contributed by atoms with E-state index < -0.39 is 0 Å². The van der Waals surface area contributed by atoms with Gasteiger partial charge in [-0.05, 0) is 37.5 Å². The molecule has 2 aromatic rings. The molecular weight excluding hydrogens is 320 g/mol. The van der Waals surface area contributed by atoms with Crippen molar-refractivity contribution in [1.29, 1.82) is 0 Å². The first-order valence-corrected chi connectivity index (χ1v) is 7.41. The van der Waals surface area contributed by atoms with Crippen LogP contribution in [0.25, 0.3) is 0 Å². The van der Waals surface area contributed by atoms with Crippen molar-refractivity contribution in [2.45, 2.75) is 31.7 Å². The average molecular weight is 335 g/mol. The van der Waals surface area contributed by atoms with Crippen LogP contribution >= 0.6 is 15.9 Å². The molecule has 2 N–H and O–H groups in total. The molecule has 1 aromatic heterocycles. The Hall–Kier alpha value is -1.69. The highest BCUT2D eigenvalue weighted by molar-refractivity contribution is 9.10. The van der Waals surface area contributed by atoms with Crippen LogP contribution in [0.1, 0.15) is 53.7 Å². The molecule has 1 heterocycles. The van der Waals surface area contributed by atoms with Gasteiger partial charge in [-0.3, -0.25) is 9.89 Å². The molecule has 1 atom stereocenters. The zero-order valence-corrected chi connectivity index (χ0v) is 12.6. The van der Waals surface area contributed by atoms with E-state index >= 15 is 0 Å². The van der Waals surface area contributed by atoms with Gasteiger partial charge < -0.3 is 5.32 Å². The first-order chi connectivity index (χ1) is 9.63. The van der Waals surface area contributed by atoms with E-state index in [4.69, 9.17) is 0 Å². The van der Waals surface area contributed by atoms with E-state index in [0.717, 1.165) is 28.7 Å². The Morgan fingerprint density at radius 3 is 3.00 bits per heavy atom. The van der Waals surface area contributed by atoms with Crippen molar-refractivity contribution in [3.63, 3.8) is 0 Å². The molecular formula is C14H15BrN4O. The number of halogens is 1. The smallest absolute Gasteiger partial charge is 0.291 e. The number of hydrogen-bond donors (Lipinski definition) is 2. The first-order valence-electron chi connectivity index (χ1n) is 6.62. The van der Waals surface area contributed by atoms with E-state index in [1.807, 2.05) is 31.2 Å². The molecule has 0 spiro atoms. The summed E-state index contributed by atoms with van der Waals surface area (Å²) in [6.07, 6.45) is 2.26. The highest BCUT2D eigenvalue weighted by atomic mass is 79.9. The van der Waals surface area contributed by atoms with E-state index in [0.29, 0.717) is 5.92 Å². The van der Waals surface area contributed by atoms with Gasteiger partial charge in [-0.1, -0.05) is 28.1 Å². The van der Waals surface area contributed by atoms with Gasteiger partial charge in [0.1, 0.15) is 5.82 Å². The van der Waals surface area contributed by atoms with Gasteiger partial charge >= 0.3 is 0 Å². The number of H-pyrrole nitrogens is 1. The van der Waals surface area contributed by atoms with Crippen molar-refractivity contribution < 1.29 is 4.79 Å². The number of carbonyl (C=O) groups is 1. The largest absolute Gasteiger partial charge is 0.343 e. The molecule has 1 unspecified atom stereocenters. The molecule has 20 heavy (non-hydrogen) atoms. The molecule has 5 nitrogen and oxygen atoms in total. The number of hydrogen-bond acceptors (Lipinski definition) is 3. The van der Waals surface area contributed by atoms with E-state index in [9.17, 15) is 4.79 Å². The normalized spacial score (nSPS) is 15.9. The Kier molecular flexibility index (Phi) is 3.56. The summed E-state index contributed by atoms with van der Waals surface area (Å²) < 4.78 is 0.991. The van der Waals surface area contributed by atoms with Crippen LogP contribution in [0.4, 0.5) is 0 Å². The molecule has 1 aliphatic carbocycles. The Balaban J connectivity index is 1.68. The summed E-state index contributed by atoms with van der Waals surface area (Å²) >= 11 is 3.43. The summed E-state index contributed by atoms with van der Waals surface area (Å²) in [5.74, 6) is 1.26. The first kappa shape index (κ1) is 13.3. The van der Waals surface area contributed by atoms with Crippen molar-refractivity contribution in [2.24, 2.45) is 0 Å². The molecule has 1 amide bonds. The third kappa shape index (κ3) is 2.90. The highest BCUT2D eigenvalue weighted by Gasteiger charge is 2.28. The number of amides is 1. The molecule has 0 bridgehead atoms. The van der Waals surface area contributed by atoms with Gasteiger partial charge in [-0.25, -0.2) is 4.98 Å². The van der Waals surface area contributed by atoms with Gasteiger partial charge in [0.2, 0.25) is 5.82 Å². The fourth-order valence-corrected chi connectivity index (χ4v) is 2.45. The quantitative estimate of drug-likeness (QED) is 0.902. The van der Waals surface area contributed by atoms with Gasteiger partial charge in [0.15, 0.2) is 0 Å². The van der Waals surface area contributed by atoms with Crippen LogP contribution in [0.2, 0.25) is 0 Å². The van der Waals surface area contributed by atoms with Crippen molar-refractivity contribution in [3.05, 3.63) is 46.0 Å². The number of nitrogens with zero attached hydrogens (tertiary/aromatic N) is 2. The van der Waals surface area contributed by atoms with Crippen LogP contribution in [0, 0.1) is 0 Å². The highest BCUT2D eigenvalue weighted by Crippen LogP contribution is 2.37. The fourth-order valence-electron chi connectivity index (χ4n) is 2.04. The van der Waals surface area contributed by atoms with E-state index in [2.05, 4.69) is 36.4 Å². The molecule has 1 fully saturated rings. The van der Waals surface area contributed by atoms with Gasteiger partial charge in [0.05, 0.1) is 6.04 Å². The standard InChI is InChI=1S/C14H15BrN4O/c1-8(10-3-2-4-11(15)7-10)16-14(20)13-17-12(18-19-13)9-5-6-9/h2-4,7-9H,5-6H2,1H3,(H,16,20)(H,17,18,19). The zero-order valence-electron chi connectivity index (χ0n) is 11.1. The Morgan fingerprint density at radius 1 is 1.50 bits per heavy atom.